The maximum Gasteiger partial charge on any atom is 0.231 e. The van der Waals surface area contributed by atoms with Gasteiger partial charge in [0.25, 0.3) is 0 Å². The van der Waals surface area contributed by atoms with Crippen LogP contribution in [0.25, 0.3) is 0 Å². The van der Waals surface area contributed by atoms with Crippen LogP contribution < -0.4 is 0 Å². The molecule has 1 aliphatic heterocycles. The molecule has 1 aliphatic rings. The maximum absolute atomic E-state index is 12.5. The zero-order valence-electron chi connectivity index (χ0n) is 12.9. The fraction of sp³-hybridized carbons (Fsp3) is 0.600. The summed E-state index contributed by atoms with van der Waals surface area (Å²) in [5.74, 6) is 1.58. The normalized spacial score (nSPS) is 18.6. The molecule has 0 aliphatic carbocycles. The van der Waals surface area contributed by atoms with E-state index in [2.05, 4.69) is 22.0 Å². The van der Waals surface area contributed by atoms with Gasteiger partial charge in [0.2, 0.25) is 11.8 Å². The van der Waals surface area contributed by atoms with Crippen LogP contribution in [-0.2, 0) is 17.6 Å². The van der Waals surface area contributed by atoms with E-state index >= 15 is 0 Å². The van der Waals surface area contributed by atoms with Crippen LogP contribution in [0, 0.1) is 6.92 Å². The van der Waals surface area contributed by atoms with Crippen molar-refractivity contribution < 1.29 is 9.32 Å². The SMILES string of the molecule is CCc1nc(CC(=O)N2CCC[C@H](c3nc(C)no3)C2)cs1. The fourth-order valence-electron chi connectivity index (χ4n) is 2.74. The summed E-state index contributed by atoms with van der Waals surface area (Å²) in [6.45, 7) is 5.34. The molecule has 3 heterocycles. The van der Waals surface area contributed by atoms with Gasteiger partial charge >= 0.3 is 0 Å². The van der Waals surface area contributed by atoms with Gasteiger partial charge in [0.1, 0.15) is 0 Å². The predicted octanol–water partition coefficient (Wildman–Crippen LogP) is 2.35. The third-order valence-electron chi connectivity index (χ3n) is 3.90. The Balaban J connectivity index is 1.62. The highest BCUT2D eigenvalue weighted by molar-refractivity contribution is 7.09. The van der Waals surface area contributed by atoms with Crippen LogP contribution in [0.15, 0.2) is 9.90 Å². The molecule has 22 heavy (non-hydrogen) atoms. The predicted molar refractivity (Wildman–Crippen MR) is 82.8 cm³/mol. The van der Waals surface area contributed by atoms with Gasteiger partial charge in [0, 0.05) is 18.5 Å². The Kier molecular flexibility index (Phi) is 4.52. The lowest BCUT2D eigenvalue weighted by atomic mass is 9.97. The average molecular weight is 320 g/mol. The van der Waals surface area contributed by atoms with Gasteiger partial charge in [-0.05, 0) is 26.2 Å². The second-order valence-electron chi connectivity index (χ2n) is 5.62. The summed E-state index contributed by atoms with van der Waals surface area (Å²) in [7, 11) is 0. The number of hydrogen-bond acceptors (Lipinski definition) is 6. The number of amides is 1. The van der Waals surface area contributed by atoms with Crippen LogP contribution >= 0.6 is 11.3 Å². The van der Waals surface area contributed by atoms with Crippen LogP contribution in [0.1, 0.15) is 48.1 Å². The van der Waals surface area contributed by atoms with Crippen LogP contribution in [0.5, 0.6) is 0 Å². The Labute approximate surface area is 133 Å². The first-order valence-corrected chi connectivity index (χ1v) is 8.55. The minimum absolute atomic E-state index is 0.133. The van der Waals surface area contributed by atoms with Crippen LogP contribution in [0.4, 0.5) is 0 Å². The average Bonchev–Trinajstić information content (AvgIpc) is 3.16. The highest BCUT2D eigenvalue weighted by Crippen LogP contribution is 2.26. The van der Waals surface area contributed by atoms with E-state index in [1.165, 1.54) is 0 Å². The molecule has 0 spiro atoms. The quantitative estimate of drug-likeness (QED) is 0.864. The monoisotopic (exact) mass is 320 g/mol. The molecule has 1 atom stereocenters. The van der Waals surface area contributed by atoms with Crippen molar-refractivity contribution in [1.29, 1.82) is 0 Å². The Bertz CT molecular complexity index is 652. The van der Waals surface area contributed by atoms with Crippen LogP contribution in [-0.4, -0.2) is 39.0 Å². The fourth-order valence-corrected chi connectivity index (χ4v) is 3.49. The summed E-state index contributed by atoms with van der Waals surface area (Å²) >= 11 is 1.62. The van der Waals surface area contributed by atoms with E-state index in [9.17, 15) is 4.79 Å². The summed E-state index contributed by atoms with van der Waals surface area (Å²) in [5.41, 5.74) is 0.877. The summed E-state index contributed by atoms with van der Waals surface area (Å²) in [5, 5.41) is 6.91. The van der Waals surface area contributed by atoms with Gasteiger partial charge in [0.15, 0.2) is 5.82 Å². The summed E-state index contributed by atoms with van der Waals surface area (Å²) in [6, 6.07) is 0. The molecule has 2 aromatic heterocycles. The molecule has 7 heteroatoms. The van der Waals surface area contributed by atoms with E-state index in [1.807, 2.05) is 17.2 Å². The molecule has 3 rings (SSSR count). The number of likely N-dealkylation sites (tertiary alicyclic amines) is 1. The molecule has 1 amide bonds. The molecule has 0 saturated carbocycles. The lowest BCUT2D eigenvalue weighted by Crippen LogP contribution is -2.40. The van der Waals surface area contributed by atoms with Crippen LogP contribution in [0.2, 0.25) is 0 Å². The number of carbonyl (C=O) groups is 1. The van der Waals surface area contributed by atoms with Gasteiger partial charge in [0.05, 0.1) is 23.0 Å². The van der Waals surface area contributed by atoms with Crippen molar-refractivity contribution in [3.63, 3.8) is 0 Å². The number of nitrogens with zero attached hydrogens (tertiary/aromatic N) is 4. The Hall–Kier alpha value is -1.76. The molecule has 0 N–H and O–H groups in total. The number of aryl methyl sites for hydroxylation is 2. The molecule has 118 valence electrons. The topological polar surface area (TPSA) is 72.1 Å². The lowest BCUT2D eigenvalue weighted by Gasteiger charge is -2.30. The molecule has 0 radical (unpaired) electrons. The van der Waals surface area contributed by atoms with E-state index in [4.69, 9.17) is 4.52 Å². The van der Waals surface area contributed by atoms with Crippen molar-refractivity contribution in [2.45, 2.75) is 45.4 Å². The number of piperidine rings is 1. The second kappa shape index (κ2) is 6.56. The van der Waals surface area contributed by atoms with Gasteiger partial charge in [-0.25, -0.2) is 4.98 Å². The third-order valence-corrected chi connectivity index (χ3v) is 4.94. The molecule has 2 aromatic rings. The first-order valence-electron chi connectivity index (χ1n) is 7.67. The molecular weight excluding hydrogens is 300 g/mol. The van der Waals surface area contributed by atoms with E-state index in [1.54, 1.807) is 11.3 Å². The minimum Gasteiger partial charge on any atom is -0.342 e. The van der Waals surface area contributed by atoms with Gasteiger partial charge in [-0.2, -0.15) is 4.98 Å². The molecule has 0 aromatic carbocycles. The maximum atomic E-state index is 12.5. The van der Waals surface area contributed by atoms with E-state index in [-0.39, 0.29) is 11.8 Å². The van der Waals surface area contributed by atoms with Gasteiger partial charge in [-0.1, -0.05) is 12.1 Å². The molecule has 0 bridgehead atoms. The minimum atomic E-state index is 0.133. The standard InChI is InChI=1S/C15H20N4O2S/c1-3-13-17-12(9-22-13)7-14(20)19-6-4-5-11(8-19)15-16-10(2)18-21-15/h9,11H,3-8H2,1-2H3/t11-/m0/s1. The van der Waals surface area contributed by atoms with Crippen molar-refractivity contribution in [3.05, 3.63) is 27.8 Å². The Morgan fingerprint density at radius 1 is 1.50 bits per heavy atom. The first kappa shape index (κ1) is 15.1. The molecule has 1 fully saturated rings. The van der Waals surface area contributed by atoms with Crippen molar-refractivity contribution in [1.82, 2.24) is 20.0 Å². The number of carbonyl (C=O) groups excluding carboxylic acids is 1. The molecule has 6 nitrogen and oxygen atoms in total. The van der Waals surface area contributed by atoms with Crippen molar-refractivity contribution >= 4 is 17.2 Å². The Morgan fingerprint density at radius 2 is 2.36 bits per heavy atom. The Morgan fingerprint density at radius 3 is 3.05 bits per heavy atom. The highest BCUT2D eigenvalue weighted by atomic mass is 32.1. The van der Waals surface area contributed by atoms with E-state index in [0.29, 0.717) is 24.7 Å². The molecule has 0 unspecified atom stereocenters. The smallest absolute Gasteiger partial charge is 0.231 e. The van der Waals surface area contributed by atoms with Crippen LogP contribution in [0.3, 0.4) is 0 Å². The third kappa shape index (κ3) is 3.35. The van der Waals surface area contributed by atoms with Crippen molar-refractivity contribution in [2.75, 3.05) is 13.1 Å². The zero-order chi connectivity index (χ0) is 15.5. The number of hydrogen-bond donors (Lipinski definition) is 0. The molecule has 1 saturated heterocycles. The zero-order valence-corrected chi connectivity index (χ0v) is 13.7. The van der Waals surface area contributed by atoms with Gasteiger partial charge in [-0.3, -0.25) is 4.79 Å². The number of aromatic nitrogens is 3. The van der Waals surface area contributed by atoms with Gasteiger partial charge < -0.3 is 9.42 Å². The highest BCUT2D eigenvalue weighted by Gasteiger charge is 2.28. The second-order valence-corrected chi connectivity index (χ2v) is 6.56. The summed E-state index contributed by atoms with van der Waals surface area (Å²) in [4.78, 5) is 23.1. The number of thiazole rings is 1. The van der Waals surface area contributed by atoms with Crippen molar-refractivity contribution in [3.8, 4) is 0 Å². The largest absolute Gasteiger partial charge is 0.342 e. The number of rotatable bonds is 4. The van der Waals surface area contributed by atoms with Crippen molar-refractivity contribution in [2.24, 2.45) is 0 Å². The van der Waals surface area contributed by atoms with E-state index < -0.39 is 0 Å². The van der Waals surface area contributed by atoms with Gasteiger partial charge in [-0.15, -0.1) is 11.3 Å². The lowest BCUT2D eigenvalue weighted by molar-refractivity contribution is -0.131. The summed E-state index contributed by atoms with van der Waals surface area (Å²) in [6.07, 6.45) is 3.25. The summed E-state index contributed by atoms with van der Waals surface area (Å²) < 4.78 is 5.26. The first-order chi connectivity index (χ1) is 10.7. The molecular formula is C15H20N4O2S. The van der Waals surface area contributed by atoms with E-state index in [0.717, 1.165) is 36.5 Å².